The minimum Gasteiger partial charge on any atom is -0.481 e. The molecule has 10 nitrogen and oxygen atoms in total. The summed E-state index contributed by atoms with van der Waals surface area (Å²) in [4.78, 5) is 17.2. The molecule has 1 aliphatic carbocycles. The van der Waals surface area contributed by atoms with Gasteiger partial charge in [0.2, 0.25) is 11.8 Å². The predicted molar refractivity (Wildman–Crippen MR) is 123 cm³/mol. The molecule has 1 aliphatic heterocycles. The zero-order valence-electron chi connectivity index (χ0n) is 18.3. The number of pyridine rings is 1. The van der Waals surface area contributed by atoms with Crippen LogP contribution in [-0.2, 0) is 22.9 Å². The predicted octanol–water partition coefficient (Wildman–Crippen LogP) is 3.33. The minimum atomic E-state index is -3.56. The summed E-state index contributed by atoms with van der Waals surface area (Å²) in [6.45, 7) is 3.19. The second-order valence-electron chi connectivity index (χ2n) is 8.08. The average Bonchev–Trinajstić information content (AvgIpc) is 3.23. The van der Waals surface area contributed by atoms with Gasteiger partial charge in [0.25, 0.3) is 0 Å². The van der Waals surface area contributed by atoms with Gasteiger partial charge in [0.15, 0.2) is 9.92 Å². The van der Waals surface area contributed by atoms with E-state index in [4.69, 9.17) is 14.6 Å². The first-order chi connectivity index (χ1) is 15.9. The highest BCUT2D eigenvalue weighted by atomic mass is 32.2. The molecule has 0 radical (unpaired) electrons. The summed E-state index contributed by atoms with van der Waals surface area (Å²) in [5.74, 6) is 1.02. The fourth-order valence-electron chi connectivity index (χ4n) is 4.32. The lowest BCUT2D eigenvalue weighted by Crippen LogP contribution is -2.23. The van der Waals surface area contributed by atoms with E-state index in [2.05, 4.69) is 26.7 Å². The first-order valence-corrected chi connectivity index (χ1v) is 12.2. The second-order valence-corrected chi connectivity index (χ2v) is 9.84. The van der Waals surface area contributed by atoms with Crippen molar-refractivity contribution in [3.05, 3.63) is 47.8 Å². The summed E-state index contributed by atoms with van der Waals surface area (Å²) in [7, 11) is -2.01. The van der Waals surface area contributed by atoms with Gasteiger partial charge < -0.3 is 14.8 Å². The summed E-state index contributed by atoms with van der Waals surface area (Å²) in [6, 6.07) is 6.82. The summed E-state index contributed by atoms with van der Waals surface area (Å²) >= 11 is 0. The van der Waals surface area contributed by atoms with E-state index in [1.165, 1.54) is 6.20 Å². The number of carbonyl (C=O) groups excluding carboxylic acids is 1. The number of anilines is 1. The number of ether oxygens (including phenoxy) is 2. The van der Waals surface area contributed by atoms with E-state index in [9.17, 15) is 9.00 Å². The van der Waals surface area contributed by atoms with Crippen LogP contribution >= 0.6 is 0 Å². The Kier molecular flexibility index (Phi) is 5.29. The third kappa shape index (κ3) is 3.83. The Morgan fingerprint density at radius 2 is 2.24 bits per heavy atom. The van der Waals surface area contributed by atoms with Crippen molar-refractivity contribution in [2.75, 3.05) is 19.0 Å². The molecule has 2 atom stereocenters. The Morgan fingerprint density at radius 3 is 3.03 bits per heavy atom. The maximum absolute atomic E-state index is 13.2. The molecule has 2 amide bonds. The van der Waals surface area contributed by atoms with E-state index in [0.29, 0.717) is 30.6 Å². The number of aryl methyl sites for hydroxylation is 1. The fraction of sp³-hybridized carbons (Fsp3) is 0.318. The molecule has 2 unspecified atom stereocenters. The Labute approximate surface area is 191 Å². The number of rotatable bonds is 4. The first kappa shape index (κ1) is 21.4. The molecular formula is C22H24N6O4S. The highest BCUT2D eigenvalue weighted by molar-refractivity contribution is 7.91. The summed E-state index contributed by atoms with van der Waals surface area (Å²) in [6.07, 6.45) is 4.70. The van der Waals surface area contributed by atoms with Crippen molar-refractivity contribution in [2.24, 2.45) is 9.50 Å². The molecule has 0 fully saturated rings. The number of hydrogen-bond acceptors (Lipinski definition) is 6. The third-order valence-corrected chi connectivity index (χ3v) is 7.24. The van der Waals surface area contributed by atoms with Crippen LogP contribution in [0.1, 0.15) is 30.4 Å². The molecule has 0 bridgehead atoms. The van der Waals surface area contributed by atoms with E-state index < -0.39 is 15.9 Å². The molecule has 5 rings (SSSR count). The smallest absolute Gasteiger partial charge is 0.354 e. The number of benzene rings is 1. The van der Waals surface area contributed by atoms with Gasteiger partial charge in [-0.05, 0) is 35.1 Å². The van der Waals surface area contributed by atoms with Gasteiger partial charge in [-0.2, -0.15) is 5.10 Å². The molecule has 2 aromatic heterocycles. The van der Waals surface area contributed by atoms with E-state index in [-0.39, 0.29) is 10.8 Å². The van der Waals surface area contributed by atoms with Gasteiger partial charge >= 0.3 is 6.03 Å². The van der Waals surface area contributed by atoms with Crippen LogP contribution in [0.25, 0.3) is 11.1 Å². The number of nitrogens with two attached hydrogens (primary N) is 1. The monoisotopic (exact) mass is 468 g/mol. The number of urea groups is 1. The quantitative estimate of drug-likeness (QED) is 0.603. The Morgan fingerprint density at radius 1 is 1.39 bits per heavy atom. The molecule has 172 valence electrons. The lowest BCUT2D eigenvalue weighted by atomic mass is 9.76. The number of hydrogen-bond donors (Lipinski definition) is 2. The van der Waals surface area contributed by atoms with Gasteiger partial charge in [-0.25, -0.2) is 23.8 Å². The van der Waals surface area contributed by atoms with Crippen molar-refractivity contribution in [1.82, 2.24) is 14.8 Å². The Hall–Kier alpha value is -3.44. The maximum atomic E-state index is 13.2. The lowest BCUT2D eigenvalue weighted by Gasteiger charge is -2.31. The van der Waals surface area contributed by atoms with Crippen molar-refractivity contribution in [3.63, 3.8) is 0 Å². The highest BCUT2D eigenvalue weighted by Crippen LogP contribution is 2.45. The first-order valence-electron chi connectivity index (χ1n) is 10.6. The van der Waals surface area contributed by atoms with Gasteiger partial charge in [-0.15, -0.1) is 4.36 Å². The van der Waals surface area contributed by atoms with Crippen molar-refractivity contribution in [3.8, 4) is 22.9 Å². The molecule has 3 aromatic rings. The molecule has 33 heavy (non-hydrogen) atoms. The van der Waals surface area contributed by atoms with Crippen LogP contribution in [0.3, 0.4) is 0 Å². The van der Waals surface area contributed by atoms with Crippen LogP contribution in [0.4, 0.5) is 10.5 Å². The number of nitrogens with one attached hydrogen (secondary N) is 1. The summed E-state index contributed by atoms with van der Waals surface area (Å²) < 4.78 is 29.4. The molecular weight excluding hydrogens is 444 g/mol. The third-order valence-electron chi connectivity index (χ3n) is 5.89. The van der Waals surface area contributed by atoms with E-state index in [1.807, 2.05) is 18.2 Å². The number of amides is 2. The largest absolute Gasteiger partial charge is 0.481 e. The highest BCUT2D eigenvalue weighted by Gasteiger charge is 2.29. The molecule has 11 heteroatoms. The van der Waals surface area contributed by atoms with Crippen LogP contribution in [0.5, 0.6) is 11.8 Å². The molecule has 0 saturated carbocycles. The number of carbonyl (C=O) groups is 1. The van der Waals surface area contributed by atoms with Gasteiger partial charge in [0.05, 0.1) is 25.6 Å². The van der Waals surface area contributed by atoms with Crippen LogP contribution < -0.4 is 19.9 Å². The van der Waals surface area contributed by atoms with Crippen LogP contribution in [0, 0.1) is 0 Å². The van der Waals surface area contributed by atoms with Gasteiger partial charge in [0, 0.05) is 30.8 Å². The standard InChI is InChI=1S/C22H24N6O4S/c1-13-10-15-4-5-16(14-6-7-24-18(11-14)31-2)20(19(13)15)26-22(29)27-33(23,30)17-12-25-28-8-3-9-32-21(17)28/h4-7,11-13H,3,8-10H2,1-2H3,(H3,23,26,27,29,30). The normalized spacial score (nSPS) is 18.1. The van der Waals surface area contributed by atoms with E-state index in [0.717, 1.165) is 35.1 Å². The van der Waals surface area contributed by atoms with Crippen LogP contribution in [0.2, 0.25) is 0 Å². The van der Waals surface area contributed by atoms with Crippen LogP contribution in [0.15, 0.2) is 45.9 Å². The zero-order valence-corrected chi connectivity index (χ0v) is 19.1. The van der Waals surface area contributed by atoms with Gasteiger partial charge in [-0.1, -0.05) is 19.1 Å². The molecule has 0 spiro atoms. The summed E-state index contributed by atoms with van der Waals surface area (Å²) in [5.41, 5.74) is 4.42. The number of methoxy groups -OCH3 is 1. The molecule has 2 aliphatic rings. The average molecular weight is 469 g/mol. The number of nitrogens with zero attached hydrogens (tertiary/aromatic N) is 4. The second kappa shape index (κ2) is 8.16. The molecule has 0 saturated heterocycles. The minimum absolute atomic E-state index is 0.117. The maximum Gasteiger partial charge on any atom is 0.354 e. The Balaban J connectivity index is 1.53. The van der Waals surface area contributed by atoms with E-state index in [1.54, 1.807) is 24.1 Å². The number of aromatic nitrogens is 3. The van der Waals surface area contributed by atoms with Crippen molar-refractivity contribution < 1.29 is 18.5 Å². The molecule has 1 aromatic carbocycles. The van der Waals surface area contributed by atoms with Crippen molar-refractivity contribution >= 4 is 21.6 Å². The SMILES string of the molecule is COc1cc(-c2ccc3c(c2NC(=O)N=S(N)(=O)c2cnn4c2OCCC4)C(C)C3)ccn1. The van der Waals surface area contributed by atoms with E-state index >= 15 is 0 Å². The van der Waals surface area contributed by atoms with Crippen molar-refractivity contribution in [2.45, 2.75) is 37.1 Å². The van der Waals surface area contributed by atoms with Gasteiger partial charge in [0.1, 0.15) is 4.90 Å². The van der Waals surface area contributed by atoms with Crippen molar-refractivity contribution in [1.29, 1.82) is 0 Å². The zero-order chi connectivity index (χ0) is 23.2. The van der Waals surface area contributed by atoms with Crippen LogP contribution in [-0.4, -0.2) is 38.7 Å². The molecule has 3 N–H and O–H groups in total. The molecule has 3 heterocycles. The Bertz CT molecular complexity index is 1380. The lowest BCUT2D eigenvalue weighted by molar-refractivity contribution is 0.224. The fourth-order valence-corrected chi connectivity index (χ4v) is 5.32. The number of fused-ring (bicyclic) bond motifs is 2. The topological polar surface area (TPSA) is 134 Å². The summed E-state index contributed by atoms with van der Waals surface area (Å²) in [5, 5.41) is 13.0. The van der Waals surface area contributed by atoms with Gasteiger partial charge in [-0.3, -0.25) is 0 Å².